The van der Waals surface area contributed by atoms with Crippen LogP contribution >= 0.6 is 11.6 Å². The number of carbonyl (C=O) groups excluding carboxylic acids is 2. The van der Waals surface area contributed by atoms with Crippen LogP contribution in [0.1, 0.15) is 0 Å². The second-order valence-electron chi connectivity index (χ2n) is 3.11. The zero-order valence-electron chi connectivity index (χ0n) is 9.74. The first-order valence-corrected chi connectivity index (χ1v) is 5.14. The second kappa shape index (κ2) is 6.08. The number of nitrogens with one attached hydrogen (secondary N) is 2. The number of hydrogen-bond donors (Lipinski definition) is 3. The Balaban J connectivity index is 3.07. The summed E-state index contributed by atoms with van der Waals surface area (Å²) < 4.78 is 10.0. The number of hydrogen-bond acceptors (Lipinski definition) is 5. The highest BCUT2D eigenvalue weighted by Crippen LogP contribution is 2.35. The average Bonchev–Trinajstić information content (AvgIpc) is 2.38. The Morgan fingerprint density at radius 2 is 1.78 bits per heavy atom. The van der Waals surface area contributed by atoms with Crippen molar-refractivity contribution in [1.82, 2.24) is 5.43 Å². The van der Waals surface area contributed by atoms with Crippen LogP contribution in [0.3, 0.4) is 0 Å². The van der Waals surface area contributed by atoms with Gasteiger partial charge in [0, 0.05) is 12.1 Å². The molecule has 98 valence electrons. The third kappa shape index (κ3) is 3.02. The minimum absolute atomic E-state index is 0.243. The van der Waals surface area contributed by atoms with Crippen LogP contribution in [0.15, 0.2) is 12.1 Å². The smallest absolute Gasteiger partial charge is 0.323 e. The number of methoxy groups -OCH3 is 2. The quantitative estimate of drug-likeness (QED) is 0.318. The van der Waals surface area contributed by atoms with E-state index >= 15 is 0 Å². The van der Waals surface area contributed by atoms with Crippen LogP contribution in [-0.2, 0) is 9.59 Å². The van der Waals surface area contributed by atoms with E-state index in [1.54, 1.807) is 5.43 Å². The SMILES string of the molecule is COc1cc(NC(=O)C(=O)NN)c(OC)cc1Cl. The lowest BCUT2D eigenvalue weighted by Crippen LogP contribution is -2.39. The summed E-state index contributed by atoms with van der Waals surface area (Å²) in [5, 5.41) is 2.63. The number of amides is 2. The Kier molecular flexibility index (Phi) is 4.75. The summed E-state index contributed by atoms with van der Waals surface area (Å²) in [6.45, 7) is 0. The van der Waals surface area contributed by atoms with Crippen LogP contribution < -0.4 is 26.1 Å². The molecule has 0 aliphatic rings. The third-order valence-electron chi connectivity index (χ3n) is 2.06. The summed E-state index contributed by atoms with van der Waals surface area (Å²) in [5.41, 5.74) is 1.96. The van der Waals surface area contributed by atoms with E-state index in [4.69, 9.17) is 26.9 Å². The van der Waals surface area contributed by atoms with Gasteiger partial charge < -0.3 is 14.8 Å². The van der Waals surface area contributed by atoms with E-state index < -0.39 is 11.8 Å². The van der Waals surface area contributed by atoms with Crippen molar-refractivity contribution < 1.29 is 19.1 Å². The molecule has 0 saturated carbocycles. The van der Waals surface area contributed by atoms with Crippen molar-refractivity contribution in [3.05, 3.63) is 17.2 Å². The Bertz CT molecular complexity index is 478. The van der Waals surface area contributed by atoms with Crippen molar-refractivity contribution >= 4 is 29.1 Å². The number of rotatable bonds is 3. The van der Waals surface area contributed by atoms with Gasteiger partial charge in [-0.15, -0.1) is 0 Å². The molecule has 4 N–H and O–H groups in total. The Hall–Kier alpha value is -1.99. The molecule has 2 amide bonds. The molecule has 0 unspecified atom stereocenters. The highest BCUT2D eigenvalue weighted by atomic mass is 35.5. The number of hydrazine groups is 1. The maximum absolute atomic E-state index is 11.4. The van der Waals surface area contributed by atoms with Gasteiger partial charge in [-0.05, 0) is 0 Å². The van der Waals surface area contributed by atoms with Crippen LogP contribution in [-0.4, -0.2) is 26.0 Å². The molecule has 0 spiro atoms. The first-order chi connectivity index (χ1) is 8.53. The van der Waals surface area contributed by atoms with Crippen molar-refractivity contribution in [2.75, 3.05) is 19.5 Å². The van der Waals surface area contributed by atoms with Crippen molar-refractivity contribution in [1.29, 1.82) is 0 Å². The van der Waals surface area contributed by atoms with Gasteiger partial charge in [-0.25, -0.2) is 5.84 Å². The van der Waals surface area contributed by atoms with E-state index in [0.29, 0.717) is 16.5 Å². The summed E-state index contributed by atoms with van der Waals surface area (Å²) >= 11 is 5.89. The largest absolute Gasteiger partial charge is 0.495 e. The highest BCUT2D eigenvalue weighted by molar-refractivity contribution is 6.39. The van der Waals surface area contributed by atoms with Gasteiger partial charge >= 0.3 is 11.8 Å². The van der Waals surface area contributed by atoms with Gasteiger partial charge in [0.25, 0.3) is 0 Å². The summed E-state index contributed by atoms with van der Waals surface area (Å²) in [6, 6.07) is 2.89. The fourth-order valence-corrected chi connectivity index (χ4v) is 1.43. The van der Waals surface area contributed by atoms with Crippen LogP contribution in [0.25, 0.3) is 0 Å². The molecule has 0 aromatic heterocycles. The van der Waals surface area contributed by atoms with Gasteiger partial charge in [0.05, 0.1) is 24.9 Å². The summed E-state index contributed by atoms with van der Waals surface area (Å²) in [7, 11) is 2.82. The molecule has 0 fully saturated rings. The highest BCUT2D eigenvalue weighted by Gasteiger charge is 2.16. The lowest BCUT2D eigenvalue weighted by Gasteiger charge is -2.12. The van der Waals surface area contributed by atoms with E-state index in [-0.39, 0.29) is 5.69 Å². The summed E-state index contributed by atoms with van der Waals surface area (Å²) in [4.78, 5) is 22.4. The first-order valence-electron chi connectivity index (χ1n) is 4.77. The lowest BCUT2D eigenvalue weighted by molar-refractivity contribution is -0.136. The van der Waals surface area contributed by atoms with E-state index in [1.165, 1.54) is 26.4 Å². The van der Waals surface area contributed by atoms with Gasteiger partial charge in [0.2, 0.25) is 0 Å². The molecule has 0 heterocycles. The Morgan fingerprint density at radius 1 is 1.17 bits per heavy atom. The Morgan fingerprint density at radius 3 is 2.28 bits per heavy atom. The predicted octanol–water partition coefficient (Wildman–Crippen LogP) is 0.286. The van der Waals surface area contributed by atoms with E-state index in [1.807, 2.05) is 0 Å². The number of benzene rings is 1. The Labute approximate surface area is 108 Å². The fourth-order valence-electron chi connectivity index (χ4n) is 1.20. The number of ether oxygens (including phenoxy) is 2. The van der Waals surface area contributed by atoms with Crippen molar-refractivity contribution in [2.45, 2.75) is 0 Å². The normalized spacial score (nSPS) is 9.56. The zero-order chi connectivity index (χ0) is 13.7. The molecule has 0 atom stereocenters. The number of nitrogens with two attached hydrogens (primary N) is 1. The van der Waals surface area contributed by atoms with E-state index in [0.717, 1.165) is 0 Å². The van der Waals surface area contributed by atoms with Crippen molar-refractivity contribution in [2.24, 2.45) is 5.84 Å². The van der Waals surface area contributed by atoms with Crippen molar-refractivity contribution in [3.63, 3.8) is 0 Å². The molecule has 1 aromatic carbocycles. The number of carbonyl (C=O) groups is 2. The molecule has 8 heteroatoms. The minimum Gasteiger partial charge on any atom is -0.495 e. The number of halogens is 1. The third-order valence-corrected chi connectivity index (χ3v) is 2.35. The van der Waals surface area contributed by atoms with Crippen molar-refractivity contribution in [3.8, 4) is 11.5 Å². The molecule has 1 aromatic rings. The van der Waals surface area contributed by atoms with Gasteiger partial charge in [-0.2, -0.15) is 0 Å². The topological polar surface area (TPSA) is 103 Å². The molecule has 1 rings (SSSR count). The zero-order valence-corrected chi connectivity index (χ0v) is 10.5. The summed E-state index contributed by atoms with van der Waals surface area (Å²) in [5.74, 6) is 3.55. The lowest BCUT2D eigenvalue weighted by atomic mass is 10.2. The molecule has 7 nitrogen and oxygen atoms in total. The van der Waals surface area contributed by atoms with Gasteiger partial charge in [-0.3, -0.25) is 15.0 Å². The predicted molar refractivity (Wildman–Crippen MR) is 65.5 cm³/mol. The molecule has 0 bridgehead atoms. The molecule has 0 saturated heterocycles. The molecular formula is C10H12ClN3O4. The molecular weight excluding hydrogens is 262 g/mol. The average molecular weight is 274 g/mol. The fraction of sp³-hybridized carbons (Fsp3) is 0.200. The van der Waals surface area contributed by atoms with Crippen LogP contribution in [0.2, 0.25) is 5.02 Å². The molecule has 0 radical (unpaired) electrons. The van der Waals surface area contributed by atoms with Gasteiger partial charge in [-0.1, -0.05) is 11.6 Å². The van der Waals surface area contributed by atoms with Gasteiger partial charge in [0.15, 0.2) is 0 Å². The monoisotopic (exact) mass is 273 g/mol. The van der Waals surface area contributed by atoms with Crippen LogP contribution in [0.5, 0.6) is 11.5 Å². The van der Waals surface area contributed by atoms with Crippen LogP contribution in [0, 0.1) is 0 Å². The van der Waals surface area contributed by atoms with E-state index in [9.17, 15) is 9.59 Å². The van der Waals surface area contributed by atoms with E-state index in [2.05, 4.69) is 5.32 Å². The molecule has 18 heavy (non-hydrogen) atoms. The minimum atomic E-state index is -0.981. The standard InChI is InChI=1S/C10H12ClN3O4/c1-17-7-4-6(8(18-2)3-5(7)11)13-9(15)10(16)14-12/h3-4H,12H2,1-2H3,(H,13,15)(H,14,16). The second-order valence-corrected chi connectivity index (χ2v) is 3.52. The summed E-state index contributed by atoms with van der Waals surface area (Å²) in [6.07, 6.45) is 0. The maximum Gasteiger partial charge on any atom is 0.323 e. The van der Waals surface area contributed by atoms with Gasteiger partial charge in [0.1, 0.15) is 11.5 Å². The molecule has 0 aliphatic carbocycles. The molecule has 0 aliphatic heterocycles. The van der Waals surface area contributed by atoms with Crippen LogP contribution in [0.4, 0.5) is 5.69 Å². The first kappa shape index (κ1) is 14.1. The number of anilines is 1. The maximum atomic E-state index is 11.4.